The van der Waals surface area contributed by atoms with E-state index in [2.05, 4.69) is 4.74 Å². The van der Waals surface area contributed by atoms with E-state index in [1.54, 1.807) is 24.3 Å². The fourth-order valence-electron chi connectivity index (χ4n) is 1.32. The predicted molar refractivity (Wildman–Crippen MR) is 64.2 cm³/mol. The van der Waals surface area contributed by atoms with Crippen LogP contribution in [-0.2, 0) is 9.53 Å². The average Bonchev–Trinajstić information content (AvgIpc) is 2.35. The van der Waals surface area contributed by atoms with Gasteiger partial charge in [-0.3, -0.25) is 4.79 Å². The van der Waals surface area contributed by atoms with Crippen LogP contribution in [0.5, 0.6) is 5.75 Å². The van der Waals surface area contributed by atoms with Gasteiger partial charge in [-0.25, -0.2) is 0 Å². The molecule has 0 aromatic heterocycles. The topological polar surface area (TPSA) is 55.8 Å². The van der Waals surface area contributed by atoms with Gasteiger partial charge in [0.2, 0.25) is 0 Å². The Bertz CT molecular complexity index is 350. The van der Waals surface area contributed by atoms with Crippen molar-refractivity contribution in [2.45, 2.75) is 6.42 Å². The third kappa shape index (κ3) is 4.63. The second kappa shape index (κ2) is 7.14. The molecular weight excluding hydrogens is 244 g/mol. The maximum absolute atomic E-state index is 11.3. The smallest absolute Gasteiger partial charge is 0.312 e. The summed E-state index contributed by atoms with van der Waals surface area (Å²) in [6, 6.07) is 6.84. The van der Waals surface area contributed by atoms with Crippen LogP contribution in [-0.4, -0.2) is 31.4 Å². The summed E-state index contributed by atoms with van der Waals surface area (Å²) in [5.41, 5.74) is 0. The molecule has 0 fully saturated rings. The van der Waals surface area contributed by atoms with Gasteiger partial charge in [0.25, 0.3) is 0 Å². The first-order chi connectivity index (χ1) is 8.17. The van der Waals surface area contributed by atoms with Crippen molar-refractivity contribution in [1.29, 1.82) is 0 Å². The van der Waals surface area contributed by atoms with Crippen LogP contribution in [0, 0.1) is 5.92 Å². The summed E-state index contributed by atoms with van der Waals surface area (Å²) >= 11 is 5.73. The summed E-state index contributed by atoms with van der Waals surface area (Å²) in [5.74, 6) is -0.213. The quantitative estimate of drug-likeness (QED) is 0.792. The third-order valence-electron chi connectivity index (χ3n) is 2.28. The van der Waals surface area contributed by atoms with E-state index >= 15 is 0 Å². The van der Waals surface area contributed by atoms with Crippen molar-refractivity contribution >= 4 is 17.6 Å². The molecule has 0 saturated carbocycles. The largest absolute Gasteiger partial charge is 0.493 e. The Morgan fingerprint density at radius 2 is 2.06 bits per heavy atom. The maximum atomic E-state index is 11.3. The van der Waals surface area contributed by atoms with Crippen LogP contribution in [0.25, 0.3) is 0 Å². The summed E-state index contributed by atoms with van der Waals surface area (Å²) in [5, 5.41) is 9.46. The second-order valence-corrected chi connectivity index (χ2v) is 3.93. The Morgan fingerprint density at radius 3 is 2.59 bits per heavy atom. The highest BCUT2D eigenvalue weighted by molar-refractivity contribution is 6.30. The standard InChI is InChI=1S/C12H15ClO4/c1-16-12(15)9(6-7-14)8-17-11-4-2-10(13)3-5-11/h2-5,9,14H,6-8H2,1H3. The molecule has 0 aliphatic heterocycles. The van der Waals surface area contributed by atoms with Gasteiger partial charge in [-0.1, -0.05) is 11.6 Å². The monoisotopic (exact) mass is 258 g/mol. The van der Waals surface area contributed by atoms with Gasteiger partial charge in [0, 0.05) is 11.6 Å². The summed E-state index contributed by atoms with van der Waals surface area (Å²) in [6.07, 6.45) is 0.320. The number of hydrogen-bond acceptors (Lipinski definition) is 4. The highest BCUT2D eigenvalue weighted by atomic mass is 35.5. The van der Waals surface area contributed by atoms with Gasteiger partial charge in [0.05, 0.1) is 13.0 Å². The lowest BCUT2D eigenvalue weighted by Gasteiger charge is -2.14. The Kier molecular flexibility index (Phi) is 5.80. The van der Waals surface area contributed by atoms with Crippen molar-refractivity contribution in [2.24, 2.45) is 5.92 Å². The SMILES string of the molecule is COC(=O)C(CCO)COc1ccc(Cl)cc1. The molecule has 0 aliphatic rings. The molecule has 0 spiro atoms. The number of hydrogen-bond donors (Lipinski definition) is 1. The first-order valence-corrected chi connectivity index (χ1v) is 5.62. The van der Waals surface area contributed by atoms with Gasteiger partial charge in [-0.15, -0.1) is 0 Å². The number of rotatable bonds is 6. The zero-order valence-corrected chi connectivity index (χ0v) is 10.3. The number of aliphatic hydroxyl groups excluding tert-OH is 1. The zero-order valence-electron chi connectivity index (χ0n) is 9.56. The molecule has 0 saturated heterocycles. The molecule has 0 radical (unpaired) electrons. The highest BCUT2D eigenvalue weighted by Crippen LogP contribution is 2.17. The number of carbonyl (C=O) groups is 1. The normalized spacial score (nSPS) is 11.9. The number of aliphatic hydroxyl groups is 1. The van der Waals surface area contributed by atoms with Crippen LogP contribution >= 0.6 is 11.6 Å². The molecule has 4 nitrogen and oxygen atoms in total. The Morgan fingerprint density at radius 1 is 1.41 bits per heavy atom. The highest BCUT2D eigenvalue weighted by Gasteiger charge is 2.19. The molecule has 1 unspecified atom stereocenters. The van der Waals surface area contributed by atoms with Gasteiger partial charge in [0.1, 0.15) is 12.4 Å². The van der Waals surface area contributed by atoms with Gasteiger partial charge in [-0.2, -0.15) is 0 Å². The molecule has 0 amide bonds. The Hall–Kier alpha value is -1.26. The molecule has 1 aromatic rings. The number of ether oxygens (including phenoxy) is 2. The van der Waals surface area contributed by atoms with Crippen LogP contribution in [0.15, 0.2) is 24.3 Å². The van der Waals surface area contributed by atoms with E-state index in [0.717, 1.165) is 0 Å². The van der Waals surface area contributed by atoms with Crippen LogP contribution in [0.1, 0.15) is 6.42 Å². The van der Waals surface area contributed by atoms with Crippen molar-refractivity contribution < 1.29 is 19.4 Å². The average molecular weight is 259 g/mol. The number of esters is 1. The second-order valence-electron chi connectivity index (χ2n) is 3.50. The molecule has 94 valence electrons. The minimum Gasteiger partial charge on any atom is -0.493 e. The van der Waals surface area contributed by atoms with Crippen LogP contribution in [0.3, 0.4) is 0 Å². The van der Waals surface area contributed by atoms with E-state index in [9.17, 15) is 4.79 Å². The molecule has 5 heteroatoms. The minimum absolute atomic E-state index is 0.0796. The molecule has 1 N–H and O–H groups in total. The molecule has 1 rings (SSSR count). The summed E-state index contributed by atoms with van der Waals surface area (Å²) in [7, 11) is 1.31. The van der Waals surface area contributed by atoms with Gasteiger partial charge in [0.15, 0.2) is 0 Å². The van der Waals surface area contributed by atoms with E-state index in [-0.39, 0.29) is 19.2 Å². The van der Waals surface area contributed by atoms with Crippen LogP contribution in [0.4, 0.5) is 0 Å². The maximum Gasteiger partial charge on any atom is 0.312 e. The molecule has 0 aliphatic carbocycles. The Balaban J connectivity index is 2.51. The first-order valence-electron chi connectivity index (χ1n) is 5.24. The van der Waals surface area contributed by atoms with Crippen molar-refractivity contribution in [3.63, 3.8) is 0 Å². The molecular formula is C12H15ClO4. The third-order valence-corrected chi connectivity index (χ3v) is 2.53. The lowest BCUT2D eigenvalue weighted by molar-refractivity contribution is -0.147. The minimum atomic E-state index is -0.458. The summed E-state index contributed by atoms with van der Waals surface area (Å²) in [4.78, 5) is 11.3. The molecule has 0 heterocycles. The van der Waals surface area contributed by atoms with E-state index < -0.39 is 5.92 Å². The number of halogens is 1. The fraction of sp³-hybridized carbons (Fsp3) is 0.417. The zero-order chi connectivity index (χ0) is 12.7. The lowest BCUT2D eigenvalue weighted by Crippen LogP contribution is -2.24. The number of benzene rings is 1. The molecule has 0 bridgehead atoms. The van der Waals surface area contributed by atoms with Gasteiger partial charge < -0.3 is 14.6 Å². The predicted octanol–water partition coefficient (Wildman–Crippen LogP) is 1.89. The van der Waals surface area contributed by atoms with Crippen LogP contribution in [0.2, 0.25) is 5.02 Å². The number of carbonyl (C=O) groups excluding carboxylic acids is 1. The summed E-state index contributed by atoms with van der Waals surface area (Å²) < 4.78 is 10.0. The van der Waals surface area contributed by atoms with E-state index in [4.69, 9.17) is 21.4 Å². The first kappa shape index (κ1) is 13.8. The van der Waals surface area contributed by atoms with Gasteiger partial charge >= 0.3 is 5.97 Å². The van der Waals surface area contributed by atoms with E-state index in [0.29, 0.717) is 17.2 Å². The van der Waals surface area contributed by atoms with E-state index in [1.165, 1.54) is 7.11 Å². The summed E-state index contributed by atoms with van der Waals surface area (Å²) in [6.45, 7) is 0.0958. The Labute approximate surface area is 105 Å². The molecule has 1 atom stereocenters. The van der Waals surface area contributed by atoms with Crippen LogP contribution < -0.4 is 4.74 Å². The van der Waals surface area contributed by atoms with E-state index in [1.807, 2.05) is 0 Å². The van der Waals surface area contributed by atoms with Crippen molar-refractivity contribution in [3.05, 3.63) is 29.3 Å². The van der Waals surface area contributed by atoms with Crippen molar-refractivity contribution in [2.75, 3.05) is 20.3 Å². The lowest BCUT2D eigenvalue weighted by atomic mass is 10.1. The van der Waals surface area contributed by atoms with Crippen molar-refractivity contribution in [3.8, 4) is 5.75 Å². The fourth-order valence-corrected chi connectivity index (χ4v) is 1.45. The number of methoxy groups -OCH3 is 1. The van der Waals surface area contributed by atoms with Crippen molar-refractivity contribution in [1.82, 2.24) is 0 Å². The van der Waals surface area contributed by atoms with Gasteiger partial charge in [-0.05, 0) is 30.7 Å². The molecule has 17 heavy (non-hydrogen) atoms. The molecule has 1 aromatic carbocycles.